The monoisotopic (exact) mass is 582 g/mol. The van der Waals surface area contributed by atoms with Gasteiger partial charge in [-0.1, -0.05) is 175 Å². The minimum Gasteiger partial charge on any atom is -0.319 e. The number of rotatable bonds is 16. The minimum atomic E-state index is -0.162. The molecule has 4 nitrogen and oxygen atoms in total. The molecule has 3 aliphatic heterocycles. The summed E-state index contributed by atoms with van der Waals surface area (Å²) in [6.07, 6.45) is 17.0. The Bertz CT molecular complexity index is 1220. The molecular formula is C39H52NO3+. The quantitative estimate of drug-likeness (QED) is 0.124. The molecule has 6 rings (SSSR count). The van der Waals surface area contributed by atoms with E-state index in [-0.39, 0.29) is 36.9 Å². The molecule has 43 heavy (non-hydrogen) atoms. The zero-order valence-corrected chi connectivity index (χ0v) is 26.2. The molecule has 0 radical (unpaired) electrons. The summed E-state index contributed by atoms with van der Waals surface area (Å²) in [5.74, 6) is 0. The third-order valence-electron chi connectivity index (χ3n) is 10.1. The Balaban J connectivity index is 1.17. The Morgan fingerprint density at radius 1 is 0.535 bits per heavy atom. The maximum absolute atomic E-state index is 7.23. The van der Waals surface area contributed by atoms with Crippen LogP contribution in [0.5, 0.6) is 0 Å². The van der Waals surface area contributed by atoms with Crippen molar-refractivity contribution in [2.75, 3.05) is 6.61 Å². The van der Waals surface area contributed by atoms with Gasteiger partial charge in [0.2, 0.25) is 18.7 Å². The second kappa shape index (κ2) is 15.0. The van der Waals surface area contributed by atoms with Gasteiger partial charge in [0.25, 0.3) is 0 Å². The summed E-state index contributed by atoms with van der Waals surface area (Å²) < 4.78 is 21.8. The molecule has 3 aliphatic rings. The minimum absolute atomic E-state index is 0.0200. The Hall–Kier alpha value is -2.50. The summed E-state index contributed by atoms with van der Waals surface area (Å²) in [6.45, 7) is 2.98. The van der Waals surface area contributed by atoms with Gasteiger partial charge in [-0.05, 0) is 6.42 Å². The van der Waals surface area contributed by atoms with Crippen molar-refractivity contribution in [1.82, 2.24) is 0 Å². The largest absolute Gasteiger partial charge is 0.319 e. The van der Waals surface area contributed by atoms with Crippen molar-refractivity contribution in [3.8, 4) is 0 Å². The smallest absolute Gasteiger partial charge is 0.225 e. The van der Waals surface area contributed by atoms with Crippen molar-refractivity contribution >= 4 is 0 Å². The molecule has 0 N–H and O–H groups in total. The van der Waals surface area contributed by atoms with Crippen molar-refractivity contribution in [1.29, 1.82) is 0 Å². The summed E-state index contributed by atoms with van der Waals surface area (Å²) in [7, 11) is 0. The molecule has 7 unspecified atom stereocenters. The van der Waals surface area contributed by atoms with E-state index in [2.05, 4.69) is 97.9 Å². The zero-order valence-electron chi connectivity index (χ0n) is 26.2. The molecule has 0 aromatic heterocycles. The standard InChI is InChI=1S/C39H52NO3/c1-2-3-4-5-6-7-8-9-10-11-12-22-29-35-36-34-30-41-37(31-23-16-13-17-24-31)40(34,38(42-35)32-25-18-14-19-26-32)39(43-36)33-27-20-15-21-28-33/h13-21,23-28,34-39H,2-12,22,29-30H2,1H3/q+1. The van der Waals surface area contributed by atoms with Gasteiger partial charge < -0.3 is 14.2 Å². The molecule has 230 valence electrons. The lowest BCUT2D eigenvalue weighted by Gasteiger charge is -2.50. The van der Waals surface area contributed by atoms with Gasteiger partial charge in [0, 0.05) is 16.7 Å². The molecule has 3 aromatic rings. The van der Waals surface area contributed by atoms with Crippen LogP contribution in [-0.4, -0.2) is 29.3 Å². The summed E-state index contributed by atoms with van der Waals surface area (Å²) in [6, 6.07) is 32.6. The predicted molar refractivity (Wildman–Crippen MR) is 173 cm³/mol. The first kappa shape index (κ1) is 30.5. The maximum atomic E-state index is 7.23. The van der Waals surface area contributed by atoms with Crippen LogP contribution in [0.25, 0.3) is 0 Å². The van der Waals surface area contributed by atoms with E-state index in [1.54, 1.807) is 0 Å². The average Bonchev–Trinajstić information content (AvgIpc) is 3.57. The highest BCUT2D eigenvalue weighted by Gasteiger charge is 2.73. The number of benzene rings is 3. The Labute approximate surface area is 260 Å². The average molecular weight is 583 g/mol. The van der Waals surface area contributed by atoms with E-state index in [4.69, 9.17) is 14.2 Å². The highest BCUT2D eigenvalue weighted by atomic mass is 16.6. The van der Waals surface area contributed by atoms with Crippen LogP contribution in [0.3, 0.4) is 0 Å². The second-order valence-electron chi connectivity index (χ2n) is 13.0. The topological polar surface area (TPSA) is 27.7 Å². The van der Waals surface area contributed by atoms with Crippen LogP contribution in [0.2, 0.25) is 0 Å². The van der Waals surface area contributed by atoms with Crippen LogP contribution in [0.15, 0.2) is 91.0 Å². The number of unbranched alkanes of at least 4 members (excludes halogenated alkanes) is 11. The number of nitrogens with zero attached hydrogens (tertiary/aromatic N) is 1. The lowest BCUT2D eigenvalue weighted by molar-refractivity contribution is -1.05. The molecule has 0 spiro atoms. The summed E-state index contributed by atoms with van der Waals surface area (Å²) in [5.41, 5.74) is 3.61. The van der Waals surface area contributed by atoms with E-state index in [9.17, 15) is 0 Å². The fourth-order valence-corrected chi connectivity index (χ4v) is 8.02. The van der Waals surface area contributed by atoms with Gasteiger partial charge in [0.15, 0.2) is 0 Å². The van der Waals surface area contributed by atoms with Gasteiger partial charge in [-0.15, -0.1) is 0 Å². The molecule has 7 atom stereocenters. The normalized spacial score (nSPS) is 29.5. The number of hydrogen-bond donors (Lipinski definition) is 0. The van der Waals surface area contributed by atoms with Crippen LogP contribution in [0, 0.1) is 0 Å². The van der Waals surface area contributed by atoms with Crippen LogP contribution in [-0.2, 0) is 14.2 Å². The second-order valence-corrected chi connectivity index (χ2v) is 13.0. The maximum Gasteiger partial charge on any atom is 0.225 e. The number of quaternary nitrogens is 1. The van der Waals surface area contributed by atoms with Crippen LogP contribution < -0.4 is 0 Å². The third kappa shape index (κ3) is 6.49. The molecule has 0 amide bonds. The van der Waals surface area contributed by atoms with E-state index in [1.165, 1.54) is 93.7 Å². The first-order valence-corrected chi connectivity index (χ1v) is 17.3. The lowest BCUT2D eigenvalue weighted by atomic mass is 9.93. The van der Waals surface area contributed by atoms with E-state index in [0.717, 1.165) is 6.42 Å². The molecule has 3 heterocycles. The van der Waals surface area contributed by atoms with Gasteiger partial charge >= 0.3 is 0 Å². The number of ether oxygens (including phenoxy) is 3. The van der Waals surface area contributed by atoms with E-state index in [0.29, 0.717) is 11.1 Å². The summed E-state index contributed by atoms with van der Waals surface area (Å²) in [4.78, 5) is 0. The van der Waals surface area contributed by atoms with E-state index >= 15 is 0 Å². The summed E-state index contributed by atoms with van der Waals surface area (Å²) >= 11 is 0. The molecule has 0 aliphatic carbocycles. The van der Waals surface area contributed by atoms with Crippen molar-refractivity contribution in [3.05, 3.63) is 108 Å². The molecule has 3 saturated heterocycles. The highest BCUT2D eigenvalue weighted by molar-refractivity contribution is 5.24. The van der Waals surface area contributed by atoms with E-state index < -0.39 is 0 Å². The van der Waals surface area contributed by atoms with Crippen molar-refractivity contribution in [2.24, 2.45) is 0 Å². The van der Waals surface area contributed by atoms with Gasteiger partial charge in [0.1, 0.15) is 18.8 Å². The van der Waals surface area contributed by atoms with Crippen molar-refractivity contribution < 1.29 is 18.7 Å². The molecular weight excluding hydrogens is 530 g/mol. The summed E-state index contributed by atoms with van der Waals surface area (Å²) in [5, 5.41) is 0. The SMILES string of the molecule is CCCCCCCCCCCCCCC1OC(c2ccccc2)[N+]23C(c4ccccc4)OCC2C1OC3c1ccccc1. The first-order valence-electron chi connectivity index (χ1n) is 17.3. The van der Waals surface area contributed by atoms with Gasteiger partial charge in [-0.25, -0.2) is 4.48 Å². The van der Waals surface area contributed by atoms with Crippen LogP contribution in [0.1, 0.15) is 126 Å². The Morgan fingerprint density at radius 3 is 1.49 bits per heavy atom. The fraction of sp³-hybridized carbons (Fsp3) is 0.538. The molecule has 2 bridgehead atoms. The van der Waals surface area contributed by atoms with Gasteiger partial charge in [-0.2, -0.15) is 0 Å². The molecule has 0 saturated carbocycles. The highest BCUT2D eigenvalue weighted by Crippen LogP contribution is 2.63. The van der Waals surface area contributed by atoms with Crippen molar-refractivity contribution in [3.63, 3.8) is 0 Å². The lowest BCUT2D eigenvalue weighted by Crippen LogP contribution is -2.61. The number of hydrogen-bond acceptors (Lipinski definition) is 3. The predicted octanol–water partition coefficient (Wildman–Crippen LogP) is 10.2. The van der Waals surface area contributed by atoms with Crippen LogP contribution in [0.4, 0.5) is 0 Å². The molecule has 3 fully saturated rings. The molecule has 3 aromatic carbocycles. The van der Waals surface area contributed by atoms with Crippen molar-refractivity contribution in [2.45, 2.75) is 127 Å². The Morgan fingerprint density at radius 2 is 0.977 bits per heavy atom. The van der Waals surface area contributed by atoms with Crippen LogP contribution >= 0.6 is 0 Å². The molecule has 4 heteroatoms. The fourth-order valence-electron chi connectivity index (χ4n) is 8.02. The first-order chi connectivity index (χ1) is 21.3. The Kier molecular flexibility index (Phi) is 10.6. The third-order valence-corrected chi connectivity index (χ3v) is 10.1. The zero-order chi connectivity index (χ0) is 29.3. The van der Waals surface area contributed by atoms with Gasteiger partial charge in [0.05, 0.1) is 6.10 Å². The van der Waals surface area contributed by atoms with E-state index in [1.807, 2.05) is 0 Å². The van der Waals surface area contributed by atoms with Gasteiger partial charge in [-0.3, -0.25) is 0 Å².